The summed E-state index contributed by atoms with van der Waals surface area (Å²) in [5.41, 5.74) is 0. The fourth-order valence-electron chi connectivity index (χ4n) is 0.775. The molecule has 10 heavy (non-hydrogen) atoms. The first-order valence-electron chi connectivity index (χ1n) is 4.11. The molecule has 0 aliphatic carbocycles. The largest absolute Gasteiger partial charge is 0.498 e. The van der Waals surface area contributed by atoms with Crippen molar-refractivity contribution in [1.82, 2.24) is 0 Å². The predicted molar refractivity (Wildman–Crippen MR) is 44.8 cm³/mol. The number of rotatable bonds is 0. The van der Waals surface area contributed by atoms with Gasteiger partial charge in [0.2, 0.25) is 0 Å². The zero-order valence-corrected chi connectivity index (χ0v) is 7.42. The van der Waals surface area contributed by atoms with Gasteiger partial charge in [-0.1, -0.05) is 20.8 Å². The molecular formula is C9H18O. The van der Waals surface area contributed by atoms with E-state index in [1.807, 2.05) is 13.8 Å². The Morgan fingerprint density at radius 2 is 1.90 bits per heavy atom. The first-order chi connectivity index (χ1) is 4.80. The highest BCUT2D eigenvalue weighted by molar-refractivity contribution is 4.84. The van der Waals surface area contributed by atoms with E-state index in [4.69, 9.17) is 4.74 Å². The van der Waals surface area contributed by atoms with E-state index in [9.17, 15) is 0 Å². The fraction of sp³-hybridized carbons (Fsp3) is 0.778. The highest BCUT2D eigenvalue weighted by Gasteiger charge is 2.12. The van der Waals surface area contributed by atoms with E-state index >= 15 is 0 Å². The van der Waals surface area contributed by atoms with E-state index in [-0.39, 0.29) is 0 Å². The Hall–Kier alpha value is -0.460. The maximum atomic E-state index is 5.21. The third kappa shape index (κ3) is 2.90. The van der Waals surface area contributed by atoms with Gasteiger partial charge in [0.15, 0.2) is 0 Å². The maximum absolute atomic E-state index is 5.21. The summed E-state index contributed by atoms with van der Waals surface area (Å²) < 4.78 is 5.21. The Morgan fingerprint density at radius 3 is 2.20 bits per heavy atom. The molecule has 1 heteroatoms. The summed E-state index contributed by atoms with van der Waals surface area (Å²) in [4.78, 5) is 0. The summed E-state index contributed by atoms with van der Waals surface area (Å²) in [6, 6.07) is 0. The molecule has 0 amide bonds. The second-order valence-electron chi connectivity index (χ2n) is 2.43. The van der Waals surface area contributed by atoms with Crippen molar-refractivity contribution >= 4 is 0 Å². The molecule has 0 saturated heterocycles. The fourth-order valence-corrected chi connectivity index (χ4v) is 0.775. The van der Waals surface area contributed by atoms with Crippen LogP contribution in [0.4, 0.5) is 0 Å². The highest BCUT2D eigenvalue weighted by Crippen LogP contribution is 2.16. The first-order valence-corrected chi connectivity index (χ1v) is 4.11. The number of ether oxygens (including phenoxy) is 1. The van der Waals surface area contributed by atoms with Crippen molar-refractivity contribution in [3.63, 3.8) is 0 Å². The van der Waals surface area contributed by atoms with Gasteiger partial charge in [-0.15, -0.1) is 0 Å². The van der Waals surface area contributed by atoms with Crippen LogP contribution >= 0.6 is 0 Å². The smallest absolute Gasteiger partial charge is 0.0978 e. The molecule has 0 fully saturated rings. The Kier molecular flexibility index (Phi) is 5.09. The molecule has 0 aromatic carbocycles. The third-order valence-electron chi connectivity index (χ3n) is 1.70. The predicted octanol–water partition coefficient (Wildman–Crippen LogP) is 2.97. The van der Waals surface area contributed by atoms with Crippen LogP contribution in [0.5, 0.6) is 0 Å². The van der Waals surface area contributed by atoms with Crippen LogP contribution in [-0.4, -0.2) is 6.10 Å². The van der Waals surface area contributed by atoms with Gasteiger partial charge in [0.25, 0.3) is 0 Å². The summed E-state index contributed by atoms with van der Waals surface area (Å²) in [7, 11) is 0. The normalized spacial score (nSPS) is 30.0. The molecular weight excluding hydrogens is 124 g/mol. The van der Waals surface area contributed by atoms with Crippen LogP contribution in [0.15, 0.2) is 12.3 Å². The van der Waals surface area contributed by atoms with Crippen LogP contribution in [0.25, 0.3) is 0 Å². The molecule has 1 heterocycles. The lowest BCUT2D eigenvalue weighted by Gasteiger charge is -2.21. The zero-order valence-electron chi connectivity index (χ0n) is 7.42. The lowest BCUT2D eigenvalue weighted by Crippen LogP contribution is -2.17. The van der Waals surface area contributed by atoms with E-state index in [1.54, 1.807) is 6.26 Å². The van der Waals surface area contributed by atoms with E-state index in [1.165, 1.54) is 6.42 Å². The summed E-state index contributed by atoms with van der Waals surface area (Å²) in [6.45, 7) is 8.31. The van der Waals surface area contributed by atoms with E-state index in [0.29, 0.717) is 12.0 Å². The monoisotopic (exact) mass is 142 g/mol. The van der Waals surface area contributed by atoms with Gasteiger partial charge < -0.3 is 4.74 Å². The number of hydrogen-bond donors (Lipinski definition) is 0. The number of hydrogen-bond acceptors (Lipinski definition) is 1. The van der Waals surface area contributed by atoms with Crippen molar-refractivity contribution in [2.45, 2.75) is 40.2 Å². The average Bonchev–Trinajstić information content (AvgIpc) is 2.00. The topological polar surface area (TPSA) is 9.23 Å². The van der Waals surface area contributed by atoms with Crippen LogP contribution in [-0.2, 0) is 4.74 Å². The van der Waals surface area contributed by atoms with Crippen molar-refractivity contribution in [3.8, 4) is 0 Å². The van der Waals surface area contributed by atoms with Gasteiger partial charge in [-0.05, 0) is 25.3 Å². The van der Waals surface area contributed by atoms with Gasteiger partial charge in [0, 0.05) is 0 Å². The average molecular weight is 142 g/mol. The first kappa shape index (κ1) is 9.54. The lowest BCUT2D eigenvalue weighted by molar-refractivity contribution is 0.0962. The summed E-state index contributed by atoms with van der Waals surface area (Å²) >= 11 is 0. The molecule has 0 bridgehead atoms. The van der Waals surface area contributed by atoms with Crippen molar-refractivity contribution in [2.75, 3.05) is 0 Å². The molecule has 0 aromatic rings. The van der Waals surface area contributed by atoms with Crippen LogP contribution in [0, 0.1) is 5.92 Å². The standard InChI is InChI=1S/C7H12O.C2H6/c1-6-4-3-5-8-7(6)2;1-2/h3,5-7H,4H2,1-2H3;1-2H3. The Bertz CT molecular complexity index is 84.9. The van der Waals surface area contributed by atoms with Crippen LogP contribution < -0.4 is 0 Å². The van der Waals surface area contributed by atoms with Crippen LogP contribution in [0.2, 0.25) is 0 Å². The summed E-state index contributed by atoms with van der Waals surface area (Å²) in [5, 5.41) is 0. The maximum Gasteiger partial charge on any atom is 0.0978 e. The quantitative estimate of drug-likeness (QED) is 0.505. The minimum absolute atomic E-state index is 0.417. The molecule has 0 radical (unpaired) electrons. The van der Waals surface area contributed by atoms with Crippen LogP contribution in [0.3, 0.4) is 0 Å². The summed E-state index contributed by atoms with van der Waals surface area (Å²) in [5.74, 6) is 0.694. The molecule has 1 nitrogen and oxygen atoms in total. The molecule has 1 aliphatic heterocycles. The zero-order chi connectivity index (χ0) is 7.98. The highest BCUT2D eigenvalue weighted by atomic mass is 16.5. The molecule has 0 saturated carbocycles. The minimum atomic E-state index is 0.417. The number of allylic oxidation sites excluding steroid dienone is 1. The second kappa shape index (κ2) is 5.33. The van der Waals surface area contributed by atoms with Gasteiger partial charge in [0.05, 0.1) is 12.4 Å². The van der Waals surface area contributed by atoms with Crippen molar-refractivity contribution in [3.05, 3.63) is 12.3 Å². The molecule has 0 spiro atoms. The van der Waals surface area contributed by atoms with E-state index < -0.39 is 0 Å². The molecule has 60 valence electrons. The molecule has 0 aromatic heterocycles. The molecule has 1 rings (SSSR count). The van der Waals surface area contributed by atoms with Gasteiger partial charge in [-0.25, -0.2) is 0 Å². The SMILES string of the molecule is CC.CC1CC=COC1C. The Morgan fingerprint density at radius 1 is 1.30 bits per heavy atom. The van der Waals surface area contributed by atoms with Gasteiger partial charge in [-0.3, -0.25) is 0 Å². The molecule has 2 atom stereocenters. The van der Waals surface area contributed by atoms with Crippen molar-refractivity contribution in [1.29, 1.82) is 0 Å². The molecule has 2 unspecified atom stereocenters. The third-order valence-corrected chi connectivity index (χ3v) is 1.70. The van der Waals surface area contributed by atoms with Gasteiger partial charge in [-0.2, -0.15) is 0 Å². The van der Waals surface area contributed by atoms with Crippen molar-refractivity contribution in [2.24, 2.45) is 5.92 Å². The van der Waals surface area contributed by atoms with Gasteiger partial charge in [0.1, 0.15) is 0 Å². The van der Waals surface area contributed by atoms with E-state index in [2.05, 4.69) is 19.9 Å². The summed E-state index contributed by atoms with van der Waals surface area (Å²) in [6.07, 6.45) is 5.45. The van der Waals surface area contributed by atoms with Gasteiger partial charge >= 0.3 is 0 Å². The van der Waals surface area contributed by atoms with Crippen molar-refractivity contribution < 1.29 is 4.74 Å². The molecule has 0 N–H and O–H groups in total. The molecule has 1 aliphatic rings. The lowest BCUT2D eigenvalue weighted by atomic mass is 10.0. The van der Waals surface area contributed by atoms with Crippen LogP contribution in [0.1, 0.15) is 34.1 Å². The van der Waals surface area contributed by atoms with E-state index in [0.717, 1.165) is 0 Å². The Balaban J connectivity index is 0.000000371. The Labute approximate surface area is 64.1 Å². The second-order valence-corrected chi connectivity index (χ2v) is 2.43. The minimum Gasteiger partial charge on any atom is -0.498 e.